The maximum absolute atomic E-state index is 13.3. The standard InChI is InChI=1S/C21H18N2O4S2/c1-14-5-3-7-18-19(14)22-21(28-18)23(13-16-6-4-12-27-16)20(24)15-8-10-17(11-9-15)29(2,25)26/h3-12H,13H2,1-2H3. The average molecular weight is 427 g/mol. The highest BCUT2D eigenvalue weighted by Gasteiger charge is 2.23. The van der Waals surface area contributed by atoms with E-state index in [1.807, 2.05) is 25.1 Å². The molecule has 0 atom stereocenters. The molecular weight excluding hydrogens is 408 g/mol. The van der Waals surface area contributed by atoms with Crippen molar-refractivity contribution in [3.05, 3.63) is 77.7 Å². The molecule has 29 heavy (non-hydrogen) atoms. The molecule has 0 fully saturated rings. The molecule has 2 heterocycles. The number of furan rings is 1. The molecule has 8 heteroatoms. The van der Waals surface area contributed by atoms with Crippen LogP contribution in [0, 0.1) is 6.92 Å². The minimum absolute atomic E-state index is 0.169. The van der Waals surface area contributed by atoms with Crippen LogP contribution in [0.2, 0.25) is 0 Å². The van der Waals surface area contributed by atoms with E-state index in [1.165, 1.54) is 35.6 Å². The van der Waals surface area contributed by atoms with Crippen molar-refractivity contribution in [1.29, 1.82) is 0 Å². The van der Waals surface area contributed by atoms with Gasteiger partial charge in [0.2, 0.25) is 0 Å². The molecule has 0 aliphatic rings. The maximum Gasteiger partial charge on any atom is 0.260 e. The van der Waals surface area contributed by atoms with Gasteiger partial charge in [-0.05, 0) is 55.0 Å². The second-order valence-electron chi connectivity index (χ2n) is 6.69. The zero-order valence-electron chi connectivity index (χ0n) is 15.8. The number of carbonyl (C=O) groups is 1. The van der Waals surface area contributed by atoms with Crippen molar-refractivity contribution in [2.75, 3.05) is 11.2 Å². The fraction of sp³-hybridized carbons (Fsp3) is 0.143. The van der Waals surface area contributed by atoms with E-state index in [9.17, 15) is 13.2 Å². The van der Waals surface area contributed by atoms with Crippen LogP contribution in [0.1, 0.15) is 21.7 Å². The van der Waals surface area contributed by atoms with Gasteiger partial charge < -0.3 is 4.42 Å². The smallest absolute Gasteiger partial charge is 0.260 e. The summed E-state index contributed by atoms with van der Waals surface area (Å²) in [5.74, 6) is 0.347. The number of aryl methyl sites for hydroxylation is 1. The first-order valence-corrected chi connectivity index (χ1v) is 11.5. The third kappa shape index (κ3) is 3.94. The van der Waals surface area contributed by atoms with Gasteiger partial charge in [0.05, 0.1) is 27.9 Å². The first-order valence-electron chi connectivity index (χ1n) is 8.83. The summed E-state index contributed by atoms with van der Waals surface area (Å²) in [5, 5.41) is 0.558. The van der Waals surface area contributed by atoms with E-state index in [0.717, 1.165) is 22.0 Å². The van der Waals surface area contributed by atoms with Crippen LogP contribution in [-0.4, -0.2) is 25.6 Å². The summed E-state index contributed by atoms with van der Waals surface area (Å²) in [5.41, 5.74) is 2.27. The quantitative estimate of drug-likeness (QED) is 0.471. The van der Waals surface area contributed by atoms with E-state index in [-0.39, 0.29) is 17.3 Å². The van der Waals surface area contributed by atoms with Gasteiger partial charge in [-0.15, -0.1) is 0 Å². The Morgan fingerprint density at radius 1 is 1.10 bits per heavy atom. The topological polar surface area (TPSA) is 80.5 Å². The van der Waals surface area contributed by atoms with Crippen molar-refractivity contribution in [2.45, 2.75) is 18.4 Å². The molecule has 1 amide bonds. The maximum atomic E-state index is 13.3. The Balaban J connectivity index is 1.75. The van der Waals surface area contributed by atoms with Gasteiger partial charge in [0.25, 0.3) is 5.91 Å². The highest BCUT2D eigenvalue weighted by Crippen LogP contribution is 2.32. The summed E-state index contributed by atoms with van der Waals surface area (Å²) in [4.78, 5) is 19.7. The number of fused-ring (bicyclic) bond motifs is 1. The Kier molecular flexibility index (Phi) is 4.97. The van der Waals surface area contributed by atoms with E-state index in [4.69, 9.17) is 4.42 Å². The Labute approximate surface area is 172 Å². The van der Waals surface area contributed by atoms with Gasteiger partial charge in [-0.1, -0.05) is 23.5 Å². The number of thiazole rings is 1. The van der Waals surface area contributed by atoms with Gasteiger partial charge in [-0.25, -0.2) is 13.4 Å². The largest absolute Gasteiger partial charge is 0.467 e. The summed E-state index contributed by atoms with van der Waals surface area (Å²) in [7, 11) is -3.33. The van der Waals surface area contributed by atoms with Crippen LogP contribution in [0.4, 0.5) is 5.13 Å². The van der Waals surface area contributed by atoms with Crippen molar-refractivity contribution in [3.8, 4) is 0 Å². The number of para-hydroxylation sites is 1. The van der Waals surface area contributed by atoms with E-state index >= 15 is 0 Å². The minimum Gasteiger partial charge on any atom is -0.467 e. The van der Waals surface area contributed by atoms with Gasteiger partial charge in [0, 0.05) is 11.8 Å². The molecular formula is C21H18N2O4S2. The van der Waals surface area contributed by atoms with Crippen LogP contribution in [0.15, 0.2) is 70.2 Å². The van der Waals surface area contributed by atoms with Gasteiger partial charge in [0.15, 0.2) is 15.0 Å². The fourth-order valence-corrected chi connectivity index (χ4v) is 4.65. The lowest BCUT2D eigenvalue weighted by atomic mass is 10.2. The number of hydrogen-bond acceptors (Lipinski definition) is 6. The molecule has 0 saturated carbocycles. The van der Waals surface area contributed by atoms with Crippen molar-refractivity contribution in [2.24, 2.45) is 0 Å². The second-order valence-corrected chi connectivity index (χ2v) is 9.71. The number of nitrogens with zero attached hydrogens (tertiary/aromatic N) is 2. The van der Waals surface area contributed by atoms with Crippen LogP contribution in [0.5, 0.6) is 0 Å². The molecule has 4 rings (SSSR count). The predicted octanol–water partition coefficient (Wildman–Crippen LogP) is 4.45. The summed E-state index contributed by atoms with van der Waals surface area (Å²) in [6.07, 6.45) is 2.69. The van der Waals surface area contributed by atoms with Crippen molar-refractivity contribution in [1.82, 2.24) is 4.98 Å². The molecule has 2 aromatic carbocycles. The minimum atomic E-state index is -3.33. The molecule has 4 aromatic rings. The van der Waals surface area contributed by atoms with E-state index in [2.05, 4.69) is 4.98 Å². The monoisotopic (exact) mass is 426 g/mol. The Hall–Kier alpha value is -2.97. The van der Waals surface area contributed by atoms with Crippen molar-refractivity contribution in [3.63, 3.8) is 0 Å². The lowest BCUT2D eigenvalue weighted by Gasteiger charge is -2.19. The van der Waals surface area contributed by atoms with Crippen LogP contribution >= 0.6 is 11.3 Å². The summed E-state index contributed by atoms with van der Waals surface area (Å²) in [6.45, 7) is 2.20. The van der Waals surface area contributed by atoms with Crippen molar-refractivity contribution >= 4 is 42.4 Å². The zero-order valence-corrected chi connectivity index (χ0v) is 17.5. The Morgan fingerprint density at radius 2 is 1.86 bits per heavy atom. The molecule has 0 saturated heterocycles. The van der Waals surface area contributed by atoms with E-state index in [1.54, 1.807) is 23.3 Å². The molecule has 6 nitrogen and oxygen atoms in total. The first-order chi connectivity index (χ1) is 13.8. The molecule has 0 unspecified atom stereocenters. The molecule has 0 N–H and O–H groups in total. The van der Waals surface area contributed by atoms with Crippen LogP contribution in [0.3, 0.4) is 0 Å². The third-order valence-electron chi connectivity index (χ3n) is 4.51. The van der Waals surface area contributed by atoms with Crippen molar-refractivity contribution < 1.29 is 17.6 Å². The molecule has 0 bridgehead atoms. The number of aromatic nitrogens is 1. The van der Waals surface area contributed by atoms with E-state index < -0.39 is 9.84 Å². The fourth-order valence-electron chi connectivity index (χ4n) is 2.98. The summed E-state index contributed by atoms with van der Waals surface area (Å²) in [6, 6.07) is 15.4. The van der Waals surface area contributed by atoms with E-state index in [0.29, 0.717) is 16.5 Å². The Bertz CT molecular complexity index is 1270. The lowest BCUT2D eigenvalue weighted by molar-refractivity contribution is 0.0983. The van der Waals surface area contributed by atoms with Gasteiger partial charge in [-0.3, -0.25) is 9.69 Å². The zero-order chi connectivity index (χ0) is 20.6. The molecule has 0 aliphatic heterocycles. The normalized spacial score (nSPS) is 11.7. The number of rotatable bonds is 5. The molecule has 0 aliphatic carbocycles. The highest BCUT2D eigenvalue weighted by molar-refractivity contribution is 7.90. The molecule has 148 valence electrons. The summed E-state index contributed by atoms with van der Waals surface area (Å²) >= 11 is 1.43. The highest BCUT2D eigenvalue weighted by atomic mass is 32.2. The number of anilines is 1. The molecule has 0 radical (unpaired) electrons. The van der Waals surface area contributed by atoms with Crippen LogP contribution < -0.4 is 4.90 Å². The number of benzene rings is 2. The average Bonchev–Trinajstić information content (AvgIpc) is 3.35. The second kappa shape index (κ2) is 7.46. The number of hydrogen-bond donors (Lipinski definition) is 0. The lowest BCUT2D eigenvalue weighted by Crippen LogP contribution is -2.30. The van der Waals surface area contributed by atoms with Gasteiger partial charge in [-0.2, -0.15) is 0 Å². The molecule has 2 aromatic heterocycles. The number of sulfone groups is 1. The SMILES string of the molecule is Cc1cccc2sc(N(Cc3ccco3)C(=O)c3ccc(S(C)(=O)=O)cc3)nc12. The van der Waals surface area contributed by atoms with Crippen LogP contribution in [-0.2, 0) is 16.4 Å². The predicted molar refractivity (Wildman–Crippen MR) is 113 cm³/mol. The van der Waals surface area contributed by atoms with Gasteiger partial charge in [0.1, 0.15) is 5.76 Å². The van der Waals surface area contributed by atoms with Crippen LogP contribution in [0.25, 0.3) is 10.2 Å². The summed E-state index contributed by atoms with van der Waals surface area (Å²) < 4.78 is 29.8. The number of amides is 1. The molecule has 0 spiro atoms. The first kappa shape index (κ1) is 19.4. The number of carbonyl (C=O) groups excluding carboxylic acids is 1. The third-order valence-corrected chi connectivity index (χ3v) is 6.68. The van der Waals surface area contributed by atoms with Gasteiger partial charge >= 0.3 is 0 Å². The Morgan fingerprint density at radius 3 is 2.48 bits per heavy atom.